The van der Waals surface area contributed by atoms with Gasteiger partial charge in [-0.05, 0) is 30.0 Å². The van der Waals surface area contributed by atoms with Crippen molar-refractivity contribution in [2.75, 3.05) is 13.2 Å². The van der Waals surface area contributed by atoms with E-state index in [9.17, 15) is 0 Å². The van der Waals surface area contributed by atoms with Gasteiger partial charge < -0.3 is 10.1 Å². The highest BCUT2D eigenvalue weighted by atomic mass is 32.1. The highest BCUT2D eigenvalue weighted by molar-refractivity contribution is 7.07. The van der Waals surface area contributed by atoms with Crippen molar-refractivity contribution in [3.63, 3.8) is 0 Å². The number of benzene rings is 1. The Hall–Kier alpha value is -1.39. The molecule has 0 spiro atoms. The minimum Gasteiger partial charge on any atom is -0.494 e. The lowest BCUT2D eigenvalue weighted by molar-refractivity contribution is 0.289. The highest BCUT2D eigenvalue weighted by Crippen LogP contribution is 2.13. The molecule has 0 aliphatic carbocycles. The maximum absolute atomic E-state index is 5.72. The van der Waals surface area contributed by atoms with Crippen LogP contribution in [0.3, 0.4) is 0 Å². The molecule has 0 saturated heterocycles. The molecule has 1 N–H and O–H groups in total. The molecule has 0 aliphatic rings. The van der Waals surface area contributed by atoms with Crippen molar-refractivity contribution in [2.24, 2.45) is 5.92 Å². The third-order valence-electron chi connectivity index (χ3n) is 3.26. The first-order valence-corrected chi connectivity index (χ1v) is 8.48. The van der Waals surface area contributed by atoms with Crippen LogP contribution in [-0.4, -0.2) is 18.1 Å². The van der Waals surface area contributed by atoms with E-state index in [1.165, 1.54) is 11.3 Å². The average molecular weight is 304 g/mol. The van der Waals surface area contributed by atoms with E-state index in [2.05, 4.69) is 53.8 Å². The minimum absolute atomic E-state index is 0.686. The van der Waals surface area contributed by atoms with Gasteiger partial charge in [0.1, 0.15) is 5.75 Å². The number of ether oxygens (including phenoxy) is 1. The number of nitrogens with one attached hydrogen (secondary N) is 1. The van der Waals surface area contributed by atoms with Crippen molar-refractivity contribution in [3.05, 3.63) is 46.4 Å². The van der Waals surface area contributed by atoms with Crippen LogP contribution in [0.15, 0.2) is 35.2 Å². The Kier molecular flexibility index (Phi) is 6.70. The Labute approximate surface area is 131 Å². The molecular formula is C17H24N2OS. The summed E-state index contributed by atoms with van der Waals surface area (Å²) in [5.74, 6) is 1.65. The summed E-state index contributed by atoms with van der Waals surface area (Å²) in [6.45, 7) is 7.06. The van der Waals surface area contributed by atoms with Crippen molar-refractivity contribution in [1.29, 1.82) is 0 Å². The topological polar surface area (TPSA) is 34.1 Å². The molecule has 0 fully saturated rings. The van der Waals surface area contributed by atoms with E-state index in [1.807, 2.05) is 5.51 Å². The normalized spacial score (nSPS) is 11.0. The van der Waals surface area contributed by atoms with Gasteiger partial charge in [-0.1, -0.05) is 26.0 Å². The quantitative estimate of drug-likeness (QED) is 0.713. The second-order valence-corrected chi connectivity index (χ2v) is 6.30. The molecule has 2 aromatic rings. The average Bonchev–Trinajstić information content (AvgIpc) is 2.98. The zero-order chi connectivity index (χ0) is 14.9. The largest absolute Gasteiger partial charge is 0.494 e. The molecule has 1 aromatic heterocycles. The number of thiazole rings is 1. The number of hydrogen-bond acceptors (Lipinski definition) is 4. The lowest BCUT2D eigenvalue weighted by Crippen LogP contribution is -2.16. The summed E-state index contributed by atoms with van der Waals surface area (Å²) in [6.07, 6.45) is 2.08. The fourth-order valence-electron chi connectivity index (χ4n) is 1.93. The summed E-state index contributed by atoms with van der Waals surface area (Å²) in [6, 6.07) is 8.36. The van der Waals surface area contributed by atoms with Crippen LogP contribution in [0, 0.1) is 5.92 Å². The van der Waals surface area contributed by atoms with Crippen LogP contribution in [0.4, 0.5) is 0 Å². The van der Waals surface area contributed by atoms with Crippen molar-refractivity contribution in [1.82, 2.24) is 10.3 Å². The third-order valence-corrected chi connectivity index (χ3v) is 3.89. The van der Waals surface area contributed by atoms with E-state index < -0.39 is 0 Å². The predicted octanol–water partition coefficient (Wildman–Crippen LogP) is 3.90. The standard InChI is InChI=1S/C17H24N2OS/c1-14(2)8-10-20-17-5-3-15(4-6-17)11-18-9-7-16-12-21-13-19-16/h3-6,12-14,18H,7-11H2,1-2H3. The molecule has 0 unspecified atom stereocenters. The summed E-state index contributed by atoms with van der Waals surface area (Å²) in [4.78, 5) is 4.28. The van der Waals surface area contributed by atoms with Crippen molar-refractivity contribution >= 4 is 11.3 Å². The molecule has 0 amide bonds. The zero-order valence-corrected chi connectivity index (χ0v) is 13.7. The van der Waals surface area contributed by atoms with Gasteiger partial charge in [0.2, 0.25) is 0 Å². The summed E-state index contributed by atoms with van der Waals surface area (Å²) in [5.41, 5.74) is 4.33. The van der Waals surface area contributed by atoms with E-state index in [-0.39, 0.29) is 0 Å². The van der Waals surface area contributed by atoms with Gasteiger partial charge in [0.05, 0.1) is 17.8 Å². The fraction of sp³-hybridized carbons (Fsp3) is 0.471. The fourth-order valence-corrected chi connectivity index (χ4v) is 2.52. The molecule has 0 saturated carbocycles. The Bertz CT molecular complexity index is 494. The SMILES string of the molecule is CC(C)CCOc1ccc(CNCCc2cscn2)cc1. The van der Waals surface area contributed by atoms with Crippen molar-refractivity contribution in [3.8, 4) is 5.75 Å². The summed E-state index contributed by atoms with van der Waals surface area (Å²) in [7, 11) is 0. The van der Waals surface area contributed by atoms with E-state index in [0.717, 1.165) is 38.3 Å². The van der Waals surface area contributed by atoms with Crippen LogP contribution >= 0.6 is 11.3 Å². The minimum atomic E-state index is 0.686. The Morgan fingerprint density at radius 3 is 2.71 bits per heavy atom. The summed E-state index contributed by atoms with van der Waals surface area (Å²) >= 11 is 1.65. The first kappa shape index (κ1) is 16.0. The van der Waals surface area contributed by atoms with Gasteiger partial charge in [0.15, 0.2) is 0 Å². The molecule has 4 heteroatoms. The van der Waals surface area contributed by atoms with Gasteiger partial charge in [-0.2, -0.15) is 0 Å². The monoisotopic (exact) mass is 304 g/mol. The van der Waals surface area contributed by atoms with Crippen LogP contribution in [0.25, 0.3) is 0 Å². The number of hydrogen-bond donors (Lipinski definition) is 1. The molecular weight excluding hydrogens is 280 g/mol. The van der Waals surface area contributed by atoms with Crippen LogP contribution in [-0.2, 0) is 13.0 Å². The van der Waals surface area contributed by atoms with Crippen molar-refractivity contribution in [2.45, 2.75) is 33.2 Å². The zero-order valence-electron chi connectivity index (χ0n) is 12.8. The van der Waals surface area contributed by atoms with Gasteiger partial charge in [0, 0.05) is 24.9 Å². The summed E-state index contributed by atoms with van der Waals surface area (Å²) < 4.78 is 5.72. The Morgan fingerprint density at radius 2 is 2.05 bits per heavy atom. The molecule has 2 rings (SSSR count). The third kappa shape index (κ3) is 6.27. The Morgan fingerprint density at radius 1 is 1.24 bits per heavy atom. The molecule has 0 radical (unpaired) electrons. The Balaban J connectivity index is 1.65. The van der Waals surface area contributed by atoms with E-state index in [4.69, 9.17) is 4.74 Å². The van der Waals surface area contributed by atoms with Gasteiger partial charge >= 0.3 is 0 Å². The van der Waals surface area contributed by atoms with E-state index in [0.29, 0.717) is 5.92 Å². The van der Waals surface area contributed by atoms with Gasteiger partial charge in [0.25, 0.3) is 0 Å². The van der Waals surface area contributed by atoms with Gasteiger partial charge in [-0.15, -0.1) is 11.3 Å². The highest BCUT2D eigenvalue weighted by Gasteiger charge is 1.99. The van der Waals surface area contributed by atoms with Crippen LogP contribution in [0.5, 0.6) is 5.75 Å². The van der Waals surface area contributed by atoms with E-state index in [1.54, 1.807) is 11.3 Å². The number of aromatic nitrogens is 1. The predicted molar refractivity (Wildman–Crippen MR) is 88.9 cm³/mol. The second-order valence-electron chi connectivity index (χ2n) is 5.58. The van der Waals surface area contributed by atoms with Gasteiger partial charge in [-0.25, -0.2) is 4.98 Å². The summed E-state index contributed by atoms with van der Waals surface area (Å²) in [5, 5.41) is 5.54. The molecule has 21 heavy (non-hydrogen) atoms. The number of nitrogens with zero attached hydrogens (tertiary/aromatic N) is 1. The van der Waals surface area contributed by atoms with E-state index >= 15 is 0 Å². The molecule has 0 aliphatic heterocycles. The molecule has 0 atom stereocenters. The molecule has 114 valence electrons. The molecule has 1 aromatic carbocycles. The maximum Gasteiger partial charge on any atom is 0.119 e. The lowest BCUT2D eigenvalue weighted by Gasteiger charge is -2.09. The van der Waals surface area contributed by atoms with Gasteiger partial charge in [-0.3, -0.25) is 0 Å². The van der Waals surface area contributed by atoms with Crippen LogP contribution in [0.2, 0.25) is 0 Å². The first-order chi connectivity index (χ1) is 10.2. The molecule has 3 nitrogen and oxygen atoms in total. The first-order valence-electron chi connectivity index (χ1n) is 7.53. The second kappa shape index (κ2) is 8.80. The van der Waals surface area contributed by atoms with Crippen LogP contribution < -0.4 is 10.1 Å². The molecule has 0 bridgehead atoms. The van der Waals surface area contributed by atoms with Crippen LogP contribution in [0.1, 0.15) is 31.5 Å². The number of rotatable bonds is 9. The maximum atomic E-state index is 5.72. The smallest absolute Gasteiger partial charge is 0.119 e. The lowest BCUT2D eigenvalue weighted by atomic mass is 10.1. The van der Waals surface area contributed by atoms with Crippen molar-refractivity contribution < 1.29 is 4.74 Å². The molecule has 1 heterocycles.